The molecule has 1 aromatic rings. The van der Waals surface area contributed by atoms with Gasteiger partial charge in [-0.2, -0.15) is 0 Å². The third kappa shape index (κ3) is 7.58. The maximum atomic E-state index is 14.3. The summed E-state index contributed by atoms with van der Waals surface area (Å²) in [6.45, 7) is 22.6. The number of hydrogen-bond acceptors (Lipinski definition) is 7. The summed E-state index contributed by atoms with van der Waals surface area (Å²) in [5.41, 5.74) is 1.48. The monoisotopic (exact) mass is 809 g/mol. The summed E-state index contributed by atoms with van der Waals surface area (Å²) in [5, 5.41) is 23.1. The third-order valence-electron chi connectivity index (χ3n) is 17.1. The molecule has 5 aliphatic rings. The Labute approximate surface area is 348 Å². The number of Topliss-reactive ketones (excluding diaryl/α,β-unsaturated/α-hetero) is 1. The number of likely N-dealkylation sites (N-methyl/N-ethyl adjacent to an activating group) is 1. The predicted octanol–water partition coefficient (Wildman–Crippen LogP) is 9.46. The second-order valence-electron chi connectivity index (χ2n) is 21.7. The Bertz CT molecular complexity index is 1750. The average molecular weight is 810 g/mol. The normalized spacial score (nSPS) is 35.5. The van der Waals surface area contributed by atoms with E-state index in [1.165, 1.54) is 5.57 Å². The molecule has 0 aromatic heterocycles. The summed E-state index contributed by atoms with van der Waals surface area (Å²) in [7, 11) is 4.16. The summed E-state index contributed by atoms with van der Waals surface area (Å²) >= 11 is 6.41. The average Bonchev–Trinajstić information content (AvgIpc) is 3.42. The molecule has 318 valence electrons. The lowest BCUT2D eigenvalue weighted by atomic mass is 9.33. The molecule has 0 radical (unpaired) electrons. The number of carbonyl (C=O) groups is 3. The van der Waals surface area contributed by atoms with Gasteiger partial charge in [-0.3, -0.25) is 19.3 Å². The van der Waals surface area contributed by atoms with Gasteiger partial charge in [0.1, 0.15) is 6.10 Å². The zero-order valence-electron chi connectivity index (χ0n) is 37.0. The maximum Gasteiger partial charge on any atom is 0.309 e. The predicted molar refractivity (Wildman–Crippen MR) is 227 cm³/mol. The van der Waals surface area contributed by atoms with Crippen LogP contribution >= 0.6 is 11.6 Å². The molecule has 0 aliphatic heterocycles. The maximum absolute atomic E-state index is 14.3. The Kier molecular flexibility index (Phi) is 12.2. The van der Waals surface area contributed by atoms with E-state index in [2.05, 4.69) is 78.4 Å². The Balaban J connectivity index is 1.29. The molecule has 2 N–H and O–H groups in total. The van der Waals surface area contributed by atoms with Crippen molar-refractivity contribution in [2.45, 2.75) is 145 Å². The number of carboxylic acid groups (broad SMARTS) is 1. The number of ether oxygens (including phenoxy) is 1. The zero-order valence-corrected chi connectivity index (χ0v) is 37.7. The molecule has 0 heterocycles. The molecule has 6 rings (SSSR count). The highest BCUT2D eigenvalue weighted by molar-refractivity contribution is 6.30. The van der Waals surface area contributed by atoms with Crippen LogP contribution in [0.15, 0.2) is 35.4 Å². The SMILES string of the molecule is CC(C)C1=C2[C@H]3CC[C@@H]4[C@@]5(C)CC[C@H](OC(=O)CC(C)(C)C(=O)O)C(C)(C)[C@@H]5CC[C@@]4(C)[C@]3(C)CCC2(C(O)CN(CCN(C)C)Cc2cccc(Cl)c2)CC1=O. The van der Waals surface area contributed by atoms with Gasteiger partial charge in [-0.1, -0.05) is 77.8 Å². The highest BCUT2D eigenvalue weighted by Gasteiger charge is 2.71. The number of carbonyl (C=O) groups excluding carboxylic acids is 2. The second-order valence-corrected chi connectivity index (χ2v) is 22.2. The number of aliphatic carboxylic acids is 1. The van der Waals surface area contributed by atoms with Gasteiger partial charge < -0.3 is 19.8 Å². The standard InChI is InChI=1S/C48H73ClN2O6/c1-30(2)40-34(52)26-48(37(53)29-51(24-23-50(10)11)28-31-13-12-14-32(49)25-31)22-21-46(8)33(41(40)48)15-16-36-45(7)19-18-38(57-39(54)27-43(3,4)42(55)56)44(5,6)35(45)17-20-47(36,46)9/h12-14,25,30,33,35-38,53H,15-24,26-29H2,1-11H3,(H,55,56)/t33-,35+,36-,37?,38+,45+,46-,47-,48?/m1/s1. The molecule has 4 fully saturated rings. The minimum Gasteiger partial charge on any atom is -0.481 e. The number of hydrogen-bond donors (Lipinski definition) is 2. The van der Waals surface area contributed by atoms with Crippen molar-refractivity contribution in [2.75, 3.05) is 33.7 Å². The molecule has 57 heavy (non-hydrogen) atoms. The first-order valence-electron chi connectivity index (χ1n) is 21.9. The van der Waals surface area contributed by atoms with Crippen LogP contribution in [0.3, 0.4) is 0 Å². The molecule has 4 saturated carbocycles. The second kappa shape index (κ2) is 15.6. The van der Waals surface area contributed by atoms with Gasteiger partial charge in [0, 0.05) is 48.5 Å². The molecule has 0 spiro atoms. The smallest absolute Gasteiger partial charge is 0.309 e. The first-order valence-corrected chi connectivity index (χ1v) is 22.3. The van der Waals surface area contributed by atoms with Crippen LogP contribution in [0.5, 0.6) is 0 Å². The number of aliphatic hydroxyl groups is 1. The first-order chi connectivity index (χ1) is 26.4. The fourth-order valence-corrected chi connectivity index (χ4v) is 14.0. The fraction of sp³-hybridized carbons (Fsp3) is 0.771. The lowest BCUT2D eigenvalue weighted by Gasteiger charge is -2.72. The molecule has 9 atom stereocenters. The Morgan fingerprint density at radius 3 is 2.28 bits per heavy atom. The Morgan fingerprint density at radius 2 is 1.65 bits per heavy atom. The third-order valence-corrected chi connectivity index (χ3v) is 17.3. The van der Waals surface area contributed by atoms with E-state index in [0.29, 0.717) is 36.4 Å². The van der Waals surface area contributed by atoms with Crippen LogP contribution in [0.4, 0.5) is 0 Å². The minimum absolute atomic E-state index is 0.0333. The van der Waals surface area contributed by atoms with Crippen molar-refractivity contribution < 1.29 is 29.3 Å². The summed E-state index contributed by atoms with van der Waals surface area (Å²) in [4.78, 5) is 43.8. The number of nitrogens with zero attached hydrogens (tertiary/aromatic N) is 2. The molecule has 1 aromatic carbocycles. The summed E-state index contributed by atoms with van der Waals surface area (Å²) in [5.74, 6) is -0.00895. The van der Waals surface area contributed by atoms with Crippen LogP contribution in [-0.4, -0.2) is 83.7 Å². The Hall–Kier alpha value is -2.26. The molecule has 0 bridgehead atoms. The van der Waals surface area contributed by atoms with Crippen LogP contribution in [0, 0.1) is 56.2 Å². The number of halogens is 1. The number of allylic oxidation sites excluding steroid dienone is 1. The van der Waals surface area contributed by atoms with Crippen molar-refractivity contribution in [3.63, 3.8) is 0 Å². The van der Waals surface area contributed by atoms with Crippen molar-refractivity contribution in [3.05, 3.63) is 46.0 Å². The zero-order chi connectivity index (χ0) is 42.1. The highest BCUT2D eigenvalue weighted by Crippen LogP contribution is 2.77. The van der Waals surface area contributed by atoms with Crippen molar-refractivity contribution in [1.82, 2.24) is 9.80 Å². The quantitative estimate of drug-likeness (QED) is 0.190. The van der Waals surface area contributed by atoms with Gasteiger partial charge in [-0.05, 0) is 142 Å². The van der Waals surface area contributed by atoms with Gasteiger partial charge in [0.25, 0.3) is 0 Å². The molecule has 0 saturated heterocycles. The van der Waals surface area contributed by atoms with Crippen LogP contribution in [-0.2, 0) is 25.7 Å². The summed E-state index contributed by atoms with van der Waals surface area (Å²) in [6, 6.07) is 8.00. The van der Waals surface area contributed by atoms with Crippen molar-refractivity contribution in [1.29, 1.82) is 0 Å². The minimum atomic E-state index is -1.17. The van der Waals surface area contributed by atoms with E-state index >= 15 is 0 Å². The van der Waals surface area contributed by atoms with Crippen LogP contribution in [0.25, 0.3) is 0 Å². The van der Waals surface area contributed by atoms with Gasteiger partial charge >= 0.3 is 11.9 Å². The summed E-state index contributed by atoms with van der Waals surface area (Å²) in [6.07, 6.45) is 7.11. The van der Waals surface area contributed by atoms with E-state index in [9.17, 15) is 24.6 Å². The topological polar surface area (TPSA) is 107 Å². The molecule has 0 amide bonds. The van der Waals surface area contributed by atoms with E-state index in [0.717, 1.165) is 75.6 Å². The van der Waals surface area contributed by atoms with Crippen LogP contribution in [0.2, 0.25) is 5.02 Å². The molecule has 5 aliphatic carbocycles. The van der Waals surface area contributed by atoms with Gasteiger partial charge in [-0.15, -0.1) is 0 Å². The lowest BCUT2D eigenvalue weighted by Crippen LogP contribution is -2.66. The molecular formula is C48H73ClN2O6. The van der Waals surface area contributed by atoms with E-state index in [-0.39, 0.29) is 51.8 Å². The molecule has 8 nitrogen and oxygen atoms in total. The van der Waals surface area contributed by atoms with Crippen molar-refractivity contribution in [3.8, 4) is 0 Å². The van der Waals surface area contributed by atoms with Gasteiger partial charge in [-0.25, -0.2) is 0 Å². The van der Waals surface area contributed by atoms with Gasteiger partial charge in [0.2, 0.25) is 0 Å². The fourth-order valence-electron chi connectivity index (χ4n) is 13.8. The lowest BCUT2D eigenvalue weighted by molar-refractivity contribution is -0.235. The van der Waals surface area contributed by atoms with Gasteiger partial charge in [0.15, 0.2) is 5.78 Å². The Morgan fingerprint density at radius 1 is 0.947 bits per heavy atom. The summed E-state index contributed by atoms with van der Waals surface area (Å²) < 4.78 is 6.20. The number of benzene rings is 1. The number of ketones is 1. The largest absolute Gasteiger partial charge is 0.481 e. The van der Waals surface area contributed by atoms with Crippen LogP contribution in [0.1, 0.15) is 132 Å². The number of rotatable bonds is 13. The van der Waals surface area contributed by atoms with E-state index < -0.39 is 28.9 Å². The molecule has 2 unspecified atom stereocenters. The number of aliphatic hydroxyl groups excluding tert-OH is 1. The van der Waals surface area contributed by atoms with Gasteiger partial charge in [0.05, 0.1) is 17.9 Å². The van der Waals surface area contributed by atoms with E-state index in [4.69, 9.17) is 16.3 Å². The highest BCUT2D eigenvalue weighted by atomic mass is 35.5. The van der Waals surface area contributed by atoms with Crippen LogP contribution < -0.4 is 0 Å². The van der Waals surface area contributed by atoms with E-state index in [1.807, 2.05) is 18.2 Å². The van der Waals surface area contributed by atoms with Crippen molar-refractivity contribution in [2.24, 2.45) is 56.2 Å². The number of esters is 1. The van der Waals surface area contributed by atoms with E-state index in [1.54, 1.807) is 13.8 Å². The molecule has 9 heteroatoms. The number of carboxylic acids is 1. The van der Waals surface area contributed by atoms with Crippen molar-refractivity contribution >= 4 is 29.3 Å². The molecular weight excluding hydrogens is 736 g/mol. The number of fused-ring (bicyclic) bond motifs is 7. The first kappa shape index (κ1) is 44.3.